The Morgan fingerprint density at radius 2 is 1.77 bits per heavy atom. The Balaban J connectivity index is 1.93. The number of carbonyl (C=O) groups is 1. The van der Waals surface area contributed by atoms with E-state index < -0.39 is 19.9 Å². The molecular formula is C21H24N2O6S2. The SMILES string of the molecule is C#CCNS(=O)(=O)c1cccc(C(=O)N(C)CCCOc2cccc(S(C)(=O)=O)c2)c1. The first-order chi connectivity index (χ1) is 14.5. The first-order valence-electron chi connectivity index (χ1n) is 9.26. The van der Waals surface area contributed by atoms with Gasteiger partial charge in [-0.15, -0.1) is 6.42 Å². The van der Waals surface area contributed by atoms with E-state index in [0.29, 0.717) is 18.7 Å². The van der Waals surface area contributed by atoms with Crippen LogP contribution in [0.3, 0.4) is 0 Å². The third-order valence-corrected chi connectivity index (χ3v) is 6.75. The number of sulfone groups is 1. The lowest BCUT2D eigenvalue weighted by molar-refractivity contribution is 0.0787. The number of carbonyl (C=O) groups excluding carboxylic acids is 1. The van der Waals surface area contributed by atoms with Gasteiger partial charge < -0.3 is 9.64 Å². The van der Waals surface area contributed by atoms with Gasteiger partial charge in [-0.1, -0.05) is 18.1 Å². The Morgan fingerprint density at radius 1 is 1.10 bits per heavy atom. The zero-order chi connectivity index (χ0) is 23.1. The second-order valence-electron chi connectivity index (χ2n) is 6.73. The number of amides is 1. The number of sulfonamides is 1. The van der Waals surface area contributed by atoms with Crippen LogP contribution in [0, 0.1) is 12.3 Å². The molecule has 2 aromatic carbocycles. The number of benzene rings is 2. The first-order valence-corrected chi connectivity index (χ1v) is 12.6. The Hall–Kier alpha value is -2.87. The summed E-state index contributed by atoms with van der Waals surface area (Å²) in [5.41, 5.74) is 0.229. The molecule has 0 aliphatic rings. The molecule has 2 rings (SSSR count). The van der Waals surface area contributed by atoms with Crippen molar-refractivity contribution >= 4 is 25.8 Å². The molecule has 0 aliphatic carbocycles. The van der Waals surface area contributed by atoms with Crippen molar-refractivity contribution in [1.82, 2.24) is 9.62 Å². The molecule has 8 nitrogen and oxygen atoms in total. The summed E-state index contributed by atoms with van der Waals surface area (Å²) in [7, 11) is -5.51. The summed E-state index contributed by atoms with van der Waals surface area (Å²) in [6.45, 7) is 0.486. The largest absolute Gasteiger partial charge is 0.493 e. The molecule has 0 bridgehead atoms. The van der Waals surface area contributed by atoms with Crippen LogP contribution in [-0.4, -0.2) is 60.6 Å². The summed E-state index contributed by atoms with van der Waals surface area (Å²) in [5.74, 6) is 2.28. The van der Waals surface area contributed by atoms with Gasteiger partial charge in [-0.25, -0.2) is 16.8 Å². The number of rotatable bonds is 10. The van der Waals surface area contributed by atoms with E-state index in [2.05, 4.69) is 10.6 Å². The fourth-order valence-electron chi connectivity index (χ4n) is 2.62. The van der Waals surface area contributed by atoms with E-state index in [-0.39, 0.29) is 34.4 Å². The van der Waals surface area contributed by atoms with Crippen LogP contribution in [-0.2, 0) is 19.9 Å². The van der Waals surface area contributed by atoms with E-state index >= 15 is 0 Å². The normalized spacial score (nSPS) is 11.5. The Morgan fingerprint density at radius 3 is 2.45 bits per heavy atom. The minimum atomic E-state index is -3.80. The maximum Gasteiger partial charge on any atom is 0.253 e. The number of nitrogens with one attached hydrogen (secondary N) is 1. The predicted octanol–water partition coefficient (Wildman–Crippen LogP) is 1.54. The van der Waals surface area contributed by atoms with E-state index in [1.54, 1.807) is 19.2 Å². The Kier molecular flexibility index (Phi) is 8.21. The quantitative estimate of drug-likeness (QED) is 0.422. The summed E-state index contributed by atoms with van der Waals surface area (Å²) in [6.07, 6.45) is 6.69. The zero-order valence-electron chi connectivity index (χ0n) is 17.2. The second kappa shape index (κ2) is 10.4. The molecule has 0 unspecified atom stereocenters. The van der Waals surface area contributed by atoms with Crippen molar-refractivity contribution < 1.29 is 26.4 Å². The maximum absolute atomic E-state index is 12.6. The van der Waals surface area contributed by atoms with Crippen LogP contribution in [0.2, 0.25) is 0 Å². The number of hydrogen-bond donors (Lipinski definition) is 1. The Bertz CT molecular complexity index is 1180. The zero-order valence-corrected chi connectivity index (χ0v) is 18.9. The number of nitrogens with zero attached hydrogens (tertiary/aromatic N) is 1. The first kappa shape index (κ1) is 24.4. The molecule has 0 saturated heterocycles. The van der Waals surface area contributed by atoms with Gasteiger partial charge in [-0.05, 0) is 42.8 Å². The van der Waals surface area contributed by atoms with Gasteiger partial charge in [0.1, 0.15) is 5.75 Å². The molecule has 0 atom stereocenters. The molecule has 10 heteroatoms. The number of hydrogen-bond acceptors (Lipinski definition) is 6. The monoisotopic (exact) mass is 464 g/mol. The van der Waals surface area contributed by atoms with E-state index in [0.717, 1.165) is 6.26 Å². The van der Waals surface area contributed by atoms with Crippen molar-refractivity contribution in [2.75, 3.05) is 33.0 Å². The highest BCUT2D eigenvalue weighted by molar-refractivity contribution is 7.90. The molecule has 31 heavy (non-hydrogen) atoms. The molecule has 0 aromatic heterocycles. The average molecular weight is 465 g/mol. The van der Waals surface area contributed by atoms with Crippen molar-refractivity contribution in [2.45, 2.75) is 16.2 Å². The van der Waals surface area contributed by atoms with Crippen molar-refractivity contribution in [1.29, 1.82) is 0 Å². The molecule has 0 spiro atoms. The van der Waals surface area contributed by atoms with E-state index in [4.69, 9.17) is 11.2 Å². The predicted molar refractivity (Wildman–Crippen MR) is 117 cm³/mol. The molecule has 0 fully saturated rings. The fraction of sp³-hybridized carbons (Fsp3) is 0.286. The highest BCUT2D eigenvalue weighted by atomic mass is 32.2. The third-order valence-electron chi connectivity index (χ3n) is 4.24. The summed E-state index contributed by atoms with van der Waals surface area (Å²) in [6, 6.07) is 11.9. The maximum atomic E-state index is 12.6. The fourth-order valence-corrected chi connectivity index (χ4v) is 4.26. The van der Waals surface area contributed by atoms with Crippen LogP contribution in [0.1, 0.15) is 16.8 Å². The van der Waals surface area contributed by atoms with Crippen molar-refractivity contribution in [3.63, 3.8) is 0 Å². The smallest absolute Gasteiger partial charge is 0.253 e. The molecule has 0 heterocycles. The molecule has 0 radical (unpaired) electrons. The van der Waals surface area contributed by atoms with Crippen LogP contribution in [0.5, 0.6) is 5.75 Å². The summed E-state index contributed by atoms with van der Waals surface area (Å²) >= 11 is 0. The lowest BCUT2D eigenvalue weighted by atomic mass is 10.2. The van der Waals surface area contributed by atoms with Crippen LogP contribution < -0.4 is 9.46 Å². The van der Waals surface area contributed by atoms with Gasteiger partial charge in [0.25, 0.3) is 5.91 Å². The standard InChI is InChI=1S/C21H24N2O6S2/c1-4-12-22-31(27,28)20-11-5-8-17(15-20)21(24)23(2)13-7-14-29-18-9-6-10-19(16-18)30(3,25)26/h1,5-6,8-11,15-16,22H,7,12-14H2,2-3H3. The second-order valence-corrected chi connectivity index (χ2v) is 10.5. The van der Waals surface area contributed by atoms with E-state index in [1.165, 1.54) is 41.3 Å². The molecule has 0 saturated carbocycles. The van der Waals surface area contributed by atoms with Gasteiger partial charge in [0.05, 0.1) is 22.9 Å². The Labute approximate surface area is 183 Å². The molecule has 1 N–H and O–H groups in total. The van der Waals surface area contributed by atoms with Crippen molar-refractivity contribution in [2.24, 2.45) is 0 Å². The van der Waals surface area contributed by atoms with Crippen molar-refractivity contribution in [3.05, 3.63) is 54.1 Å². The number of terminal acetylenes is 1. The summed E-state index contributed by atoms with van der Waals surface area (Å²) < 4.78 is 55.4. The third kappa shape index (κ3) is 7.10. The molecule has 1 amide bonds. The number of ether oxygens (including phenoxy) is 1. The average Bonchev–Trinajstić information content (AvgIpc) is 2.74. The van der Waals surface area contributed by atoms with Gasteiger partial charge in [0.15, 0.2) is 9.84 Å². The molecule has 166 valence electrons. The van der Waals surface area contributed by atoms with E-state index in [9.17, 15) is 21.6 Å². The van der Waals surface area contributed by atoms with Crippen LogP contribution in [0.15, 0.2) is 58.3 Å². The van der Waals surface area contributed by atoms with Gasteiger partial charge in [0.2, 0.25) is 10.0 Å². The van der Waals surface area contributed by atoms with E-state index in [1.807, 2.05) is 0 Å². The van der Waals surface area contributed by atoms with Crippen LogP contribution >= 0.6 is 0 Å². The summed E-state index contributed by atoms with van der Waals surface area (Å²) in [5, 5.41) is 0. The minimum absolute atomic E-state index is 0.0453. The van der Waals surface area contributed by atoms with Crippen molar-refractivity contribution in [3.8, 4) is 18.1 Å². The van der Waals surface area contributed by atoms with Gasteiger partial charge in [-0.2, -0.15) is 4.72 Å². The molecule has 0 aliphatic heterocycles. The lowest BCUT2D eigenvalue weighted by Gasteiger charge is -2.18. The minimum Gasteiger partial charge on any atom is -0.493 e. The van der Waals surface area contributed by atoms with Gasteiger partial charge in [-0.3, -0.25) is 4.79 Å². The summed E-state index contributed by atoms with van der Waals surface area (Å²) in [4.78, 5) is 14.2. The van der Waals surface area contributed by atoms with Crippen LogP contribution in [0.25, 0.3) is 0 Å². The topological polar surface area (TPSA) is 110 Å². The van der Waals surface area contributed by atoms with Crippen LogP contribution in [0.4, 0.5) is 0 Å². The van der Waals surface area contributed by atoms with Gasteiger partial charge in [0, 0.05) is 25.4 Å². The highest BCUT2D eigenvalue weighted by Crippen LogP contribution is 2.18. The lowest BCUT2D eigenvalue weighted by Crippen LogP contribution is -2.29. The van der Waals surface area contributed by atoms with Gasteiger partial charge >= 0.3 is 0 Å². The molecular weight excluding hydrogens is 440 g/mol. The highest BCUT2D eigenvalue weighted by Gasteiger charge is 2.17. The molecule has 2 aromatic rings.